The lowest BCUT2D eigenvalue weighted by molar-refractivity contribution is -0.890. The average molecular weight is 293 g/mol. The summed E-state index contributed by atoms with van der Waals surface area (Å²) in [7, 11) is 0.132. The van der Waals surface area contributed by atoms with Gasteiger partial charge >= 0.3 is 0 Å². The Morgan fingerprint density at radius 3 is 2.37 bits per heavy atom. The van der Waals surface area contributed by atoms with Crippen molar-refractivity contribution in [1.82, 2.24) is 5.32 Å². The average Bonchev–Trinajstić information content (AvgIpc) is 2.22. The highest BCUT2D eigenvalue weighted by molar-refractivity contribution is 7.85. The molecule has 19 heavy (non-hydrogen) atoms. The van der Waals surface area contributed by atoms with E-state index in [0.29, 0.717) is 24.0 Å². The second kappa shape index (κ2) is 8.29. The Kier molecular flexibility index (Phi) is 7.89. The number of carbonyl (C=O) groups excluding carboxylic acids is 1. The Balaban J connectivity index is 3.81. The van der Waals surface area contributed by atoms with Crippen molar-refractivity contribution in [3.63, 3.8) is 0 Å². The van der Waals surface area contributed by atoms with Crippen LogP contribution in [0.4, 0.5) is 0 Å². The van der Waals surface area contributed by atoms with Gasteiger partial charge in [0.2, 0.25) is 5.91 Å². The van der Waals surface area contributed by atoms with Crippen LogP contribution in [0.1, 0.15) is 19.8 Å². The Morgan fingerprint density at radius 1 is 1.26 bits per heavy atom. The fourth-order valence-corrected chi connectivity index (χ4v) is 2.21. The van der Waals surface area contributed by atoms with Gasteiger partial charge in [-0.15, -0.1) is 0 Å². The number of allylic oxidation sites excluding steroid dienone is 1. The highest BCUT2D eigenvalue weighted by Crippen LogP contribution is 2.02. The summed E-state index contributed by atoms with van der Waals surface area (Å²) in [6.45, 7) is 3.89. The van der Waals surface area contributed by atoms with Crippen molar-refractivity contribution < 1.29 is 22.2 Å². The zero-order valence-corrected chi connectivity index (χ0v) is 12.7. The summed E-state index contributed by atoms with van der Waals surface area (Å²) in [6.07, 6.45) is 4.41. The van der Waals surface area contributed by atoms with Gasteiger partial charge in [0.05, 0.1) is 32.9 Å². The molecular formula is C12H25N2O4S+. The molecule has 112 valence electrons. The van der Waals surface area contributed by atoms with Gasteiger partial charge < -0.3 is 9.80 Å². The van der Waals surface area contributed by atoms with Crippen molar-refractivity contribution in [2.75, 3.05) is 39.5 Å². The third kappa shape index (κ3) is 11.9. The smallest absolute Gasteiger partial charge is 0.265 e. The number of nitrogens with zero attached hydrogens (tertiary/aromatic N) is 1. The summed E-state index contributed by atoms with van der Waals surface area (Å²) < 4.78 is 30.5. The van der Waals surface area contributed by atoms with Crippen LogP contribution in [0.3, 0.4) is 0 Å². The number of hydrogen-bond acceptors (Lipinski definition) is 3. The molecule has 0 heterocycles. The molecule has 0 aliphatic heterocycles. The van der Waals surface area contributed by atoms with E-state index in [0.717, 1.165) is 13.0 Å². The van der Waals surface area contributed by atoms with Crippen molar-refractivity contribution in [2.45, 2.75) is 19.8 Å². The normalized spacial score (nSPS) is 12.8. The van der Waals surface area contributed by atoms with E-state index in [4.69, 9.17) is 4.55 Å². The van der Waals surface area contributed by atoms with Crippen LogP contribution in [0.2, 0.25) is 0 Å². The molecule has 0 radical (unpaired) electrons. The lowest BCUT2D eigenvalue weighted by Crippen LogP contribution is -2.43. The van der Waals surface area contributed by atoms with Crippen LogP contribution < -0.4 is 5.32 Å². The molecule has 0 fully saturated rings. The summed E-state index contributed by atoms with van der Waals surface area (Å²) >= 11 is 0. The molecule has 0 bridgehead atoms. The van der Waals surface area contributed by atoms with E-state index in [1.165, 1.54) is 6.08 Å². The van der Waals surface area contributed by atoms with Crippen LogP contribution in [0, 0.1) is 0 Å². The van der Waals surface area contributed by atoms with Crippen molar-refractivity contribution >= 4 is 16.0 Å². The van der Waals surface area contributed by atoms with Gasteiger partial charge in [-0.25, -0.2) is 0 Å². The van der Waals surface area contributed by atoms with Crippen LogP contribution in [-0.2, 0) is 14.9 Å². The maximum Gasteiger partial charge on any atom is 0.265 e. The summed E-state index contributed by atoms with van der Waals surface area (Å²) in [5.41, 5.74) is 0. The molecule has 0 saturated heterocycles. The summed E-state index contributed by atoms with van der Waals surface area (Å²) in [5, 5.41) is 2.76. The first-order valence-corrected chi connectivity index (χ1v) is 7.95. The molecule has 0 saturated carbocycles. The highest BCUT2D eigenvalue weighted by Gasteiger charge is 2.16. The van der Waals surface area contributed by atoms with E-state index < -0.39 is 10.1 Å². The summed E-state index contributed by atoms with van der Waals surface area (Å²) in [5.74, 6) is -0.300. The van der Waals surface area contributed by atoms with Gasteiger partial charge in [0.1, 0.15) is 0 Å². The van der Waals surface area contributed by atoms with Crippen molar-refractivity contribution in [3.8, 4) is 0 Å². The molecule has 0 spiro atoms. The maximum absolute atomic E-state index is 11.2. The molecule has 0 atom stereocenters. The zero-order chi connectivity index (χ0) is 14.9. The number of nitrogens with one attached hydrogen (secondary N) is 1. The largest absolute Gasteiger partial charge is 0.352 e. The second-order valence-electron chi connectivity index (χ2n) is 5.17. The maximum atomic E-state index is 11.2. The summed E-state index contributed by atoms with van der Waals surface area (Å²) in [4.78, 5) is 11.2. The molecule has 0 aromatic rings. The van der Waals surface area contributed by atoms with Gasteiger partial charge in [-0.3, -0.25) is 9.35 Å². The number of rotatable bonds is 9. The lowest BCUT2D eigenvalue weighted by Gasteiger charge is -2.29. The number of hydrogen-bond donors (Lipinski definition) is 2. The molecule has 0 aromatic heterocycles. The standard InChI is InChI=1S/C12H24N2O4S/c1-4-7-12(15)13-8-5-9-14(2,3)10-6-11-19(16,17)18/h4,7H,5-6,8-11H2,1-3H3,(H-,13,15,16,17,18)/p+1. The quantitative estimate of drug-likeness (QED) is 0.279. The van der Waals surface area contributed by atoms with Crippen molar-refractivity contribution in [1.29, 1.82) is 0 Å². The third-order valence-corrected chi connectivity index (χ3v) is 3.53. The molecule has 1 amide bonds. The Bertz CT molecular complexity index is 402. The van der Waals surface area contributed by atoms with Crippen molar-refractivity contribution in [2.24, 2.45) is 0 Å². The predicted molar refractivity (Wildman–Crippen MR) is 75.3 cm³/mol. The molecule has 0 aromatic carbocycles. The van der Waals surface area contributed by atoms with E-state index in [1.54, 1.807) is 13.0 Å². The Morgan fingerprint density at radius 2 is 1.84 bits per heavy atom. The highest BCUT2D eigenvalue weighted by atomic mass is 32.2. The molecule has 6 nitrogen and oxygen atoms in total. The molecule has 0 aliphatic carbocycles. The fourth-order valence-electron chi connectivity index (χ4n) is 1.72. The van der Waals surface area contributed by atoms with E-state index in [2.05, 4.69) is 5.32 Å². The van der Waals surface area contributed by atoms with Crippen LogP contribution in [-0.4, -0.2) is 62.8 Å². The second-order valence-corrected chi connectivity index (χ2v) is 6.74. The molecule has 0 unspecified atom stereocenters. The topological polar surface area (TPSA) is 83.5 Å². The minimum Gasteiger partial charge on any atom is -0.352 e. The molecule has 0 rings (SSSR count). The van der Waals surface area contributed by atoms with Gasteiger partial charge in [0.25, 0.3) is 10.1 Å². The molecular weight excluding hydrogens is 268 g/mol. The van der Waals surface area contributed by atoms with Crippen LogP contribution >= 0.6 is 0 Å². The van der Waals surface area contributed by atoms with E-state index in [-0.39, 0.29) is 11.7 Å². The third-order valence-electron chi connectivity index (χ3n) is 2.72. The van der Waals surface area contributed by atoms with E-state index in [1.807, 2.05) is 14.1 Å². The Labute approximate surface area is 115 Å². The first kappa shape index (κ1) is 18.1. The van der Waals surface area contributed by atoms with Crippen LogP contribution in [0.5, 0.6) is 0 Å². The minimum absolute atomic E-state index is 0.0980. The van der Waals surface area contributed by atoms with Crippen LogP contribution in [0.15, 0.2) is 12.2 Å². The SMILES string of the molecule is CC=CC(=O)NCCC[N+](C)(C)CCCS(=O)(=O)O. The van der Waals surface area contributed by atoms with Gasteiger partial charge in [-0.2, -0.15) is 8.42 Å². The van der Waals surface area contributed by atoms with Crippen molar-refractivity contribution in [3.05, 3.63) is 12.2 Å². The zero-order valence-electron chi connectivity index (χ0n) is 11.9. The van der Waals surface area contributed by atoms with Gasteiger partial charge in [0.15, 0.2) is 0 Å². The van der Waals surface area contributed by atoms with E-state index in [9.17, 15) is 13.2 Å². The fraction of sp³-hybridized carbons (Fsp3) is 0.750. The lowest BCUT2D eigenvalue weighted by atomic mass is 10.3. The number of quaternary nitrogens is 1. The molecule has 7 heteroatoms. The van der Waals surface area contributed by atoms with Gasteiger partial charge in [-0.05, 0) is 13.0 Å². The molecule has 0 aliphatic rings. The van der Waals surface area contributed by atoms with Gasteiger partial charge in [-0.1, -0.05) is 6.08 Å². The minimum atomic E-state index is -3.86. The Hall–Kier alpha value is -0.920. The monoisotopic (exact) mass is 293 g/mol. The number of amides is 1. The first-order valence-electron chi connectivity index (χ1n) is 6.34. The van der Waals surface area contributed by atoms with E-state index >= 15 is 0 Å². The predicted octanol–water partition coefficient (Wildman–Crippen LogP) is 0.423. The number of carbonyl (C=O) groups is 1. The van der Waals surface area contributed by atoms with Crippen LogP contribution in [0.25, 0.3) is 0 Å². The van der Waals surface area contributed by atoms with Gasteiger partial charge in [0, 0.05) is 19.4 Å². The molecule has 2 N–H and O–H groups in total. The first-order chi connectivity index (χ1) is 8.66. The summed E-state index contributed by atoms with van der Waals surface area (Å²) in [6, 6.07) is 0.